The molecule has 0 aliphatic heterocycles. The number of hydrogen-bond donors (Lipinski definition) is 2. The van der Waals surface area contributed by atoms with Gasteiger partial charge in [0.25, 0.3) is 11.6 Å². The third kappa shape index (κ3) is 6.51. The molecule has 10 heteroatoms. The molecule has 0 unspecified atom stereocenters. The van der Waals surface area contributed by atoms with Crippen molar-refractivity contribution in [3.05, 3.63) is 33.9 Å². The summed E-state index contributed by atoms with van der Waals surface area (Å²) in [5.41, 5.74) is -0.852. The van der Waals surface area contributed by atoms with E-state index >= 15 is 0 Å². The highest BCUT2D eigenvalue weighted by Gasteiger charge is 2.29. The van der Waals surface area contributed by atoms with Crippen LogP contribution in [-0.2, 0) is 0 Å². The largest absolute Gasteiger partial charge is 0.484 e. The summed E-state index contributed by atoms with van der Waals surface area (Å²) in [5, 5.41) is 16.3. The highest BCUT2D eigenvalue weighted by atomic mass is 19.4. The van der Waals surface area contributed by atoms with Gasteiger partial charge in [-0.2, -0.15) is 13.2 Å². The minimum atomic E-state index is -4.54. The highest BCUT2D eigenvalue weighted by molar-refractivity contribution is 5.98. The molecule has 0 bridgehead atoms. The topological polar surface area (TPSA) is 93.5 Å². The van der Waals surface area contributed by atoms with Crippen LogP contribution in [0.4, 0.5) is 18.9 Å². The molecule has 1 aromatic carbocycles. The Hall–Kier alpha value is -2.36. The number of nitrogens with one attached hydrogen (secondary N) is 2. The molecular weight excluding hydrogens is 319 g/mol. The lowest BCUT2D eigenvalue weighted by atomic mass is 10.1. The Labute approximate surface area is 130 Å². The second kappa shape index (κ2) is 8.32. The van der Waals surface area contributed by atoms with Crippen LogP contribution in [0.25, 0.3) is 0 Å². The Morgan fingerprint density at radius 3 is 2.61 bits per heavy atom. The van der Waals surface area contributed by atoms with Crippen LogP contribution in [0.2, 0.25) is 0 Å². The monoisotopic (exact) mass is 335 g/mol. The first kappa shape index (κ1) is 18.7. The van der Waals surface area contributed by atoms with Crippen LogP contribution in [0.15, 0.2) is 18.2 Å². The van der Waals surface area contributed by atoms with Crippen molar-refractivity contribution in [1.29, 1.82) is 0 Å². The Kier molecular flexibility index (Phi) is 6.76. The zero-order valence-electron chi connectivity index (χ0n) is 12.3. The molecule has 0 spiro atoms. The molecular formula is C13H16F3N3O4. The summed E-state index contributed by atoms with van der Waals surface area (Å²) < 4.78 is 40.9. The second-order valence-corrected chi connectivity index (χ2v) is 4.55. The third-order valence-corrected chi connectivity index (χ3v) is 2.70. The van der Waals surface area contributed by atoms with E-state index in [2.05, 4.69) is 15.4 Å². The van der Waals surface area contributed by atoms with Crippen LogP contribution in [-0.4, -0.2) is 43.8 Å². The molecule has 0 aromatic heterocycles. The molecule has 0 heterocycles. The van der Waals surface area contributed by atoms with Crippen LogP contribution in [0.5, 0.6) is 5.75 Å². The molecule has 0 radical (unpaired) electrons. The molecule has 1 amide bonds. The van der Waals surface area contributed by atoms with Gasteiger partial charge in [0.1, 0.15) is 11.3 Å². The van der Waals surface area contributed by atoms with E-state index in [4.69, 9.17) is 0 Å². The second-order valence-electron chi connectivity index (χ2n) is 4.55. The molecule has 0 fully saturated rings. The van der Waals surface area contributed by atoms with Gasteiger partial charge in [-0.15, -0.1) is 0 Å². The van der Waals surface area contributed by atoms with Crippen LogP contribution < -0.4 is 15.4 Å². The average Bonchev–Trinajstić information content (AvgIpc) is 2.48. The van der Waals surface area contributed by atoms with Crippen molar-refractivity contribution >= 4 is 11.6 Å². The maximum Gasteiger partial charge on any atom is 0.422 e. The van der Waals surface area contributed by atoms with E-state index in [1.165, 1.54) is 0 Å². The molecule has 7 nitrogen and oxygen atoms in total. The van der Waals surface area contributed by atoms with Gasteiger partial charge >= 0.3 is 6.18 Å². The van der Waals surface area contributed by atoms with Crippen molar-refractivity contribution < 1.29 is 27.6 Å². The minimum absolute atomic E-state index is 0.268. The van der Waals surface area contributed by atoms with Gasteiger partial charge in [0, 0.05) is 12.6 Å². The SMILES string of the molecule is CNCCCNC(=O)c1cc(OCC(F)(F)F)ccc1[N+](=O)[O-]. The number of ether oxygens (including phenoxy) is 1. The van der Waals surface area contributed by atoms with E-state index in [9.17, 15) is 28.1 Å². The zero-order chi connectivity index (χ0) is 17.5. The predicted molar refractivity (Wildman–Crippen MR) is 75.5 cm³/mol. The molecule has 0 aliphatic rings. The van der Waals surface area contributed by atoms with E-state index in [-0.39, 0.29) is 17.9 Å². The van der Waals surface area contributed by atoms with Crippen LogP contribution in [0, 0.1) is 10.1 Å². The lowest BCUT2D eigenvalue weighted by Gasteiger charge is -2.11. The van der Waals surface area contributed by atoms with Crippen molar-refractivity contribution in [2.75, 3.05) is 26.7 Å². The average molecular weight is 335 g/mol. The lowest BCUT2D eigenvalue weighted by Crippen LogP contribution is -2.27. The Balaban J connectivity index is 2.88. The maximum absolute atomic E-state index is 12.1. The van der Waals surface area contributed by atoms with Gasteiger partial charge in [-0.3, -0.25) is 14.9 Å². The summed E-state index contributed by atoms with van der Waals surface area (Å²) in [5.74, 6) is -1.02. The summed E-state index contributed by atoms with van der Waals surface area (Å²) in [6.45, 7) is -0.643. The molecule has 128 valence electrons. The quantitative estimate of drug-likeness (QED) is 0.430. The third-order valence-electron chi connectivity index (χ3n) is 2.70. The van der Waals surface area contributed by atoms with Gasteiger partial charge in [-0.05, 0) is 32.1 Å². The molecule has 0 saturated heterocycles. The first-order valence-corrected chi connectivity index (χ1v) is 6.65. The zero-order valence-corrected chi connectivity index (χ0v) is 12.3. The van der Waals surface area contributed by atoms with E-state index in [0.717, 1.165) is 18.2 Å². The summed E-state index contributed by atoms with van der Waals surface area (Å²) in [4.78, 5) is 22.1. The molecule has 0 atom stereocenters. The number of nitro benzene ring substituents is 1. The molecule has 0 aliphatic carbocycles. The number of nitro groups is 1. The summed E-state index contributed by atoms with van der Waals surface area (Å²) in [6, 6.07) is 2.88. The van der Waals surface area contributed by atoms with Crippen molar-refractivity contribution in [3.8, 4) is 5.75 Å². The van der Waals surface area contributed by atoms with E-state index in [1.807, 2.05) is 0 Å². The Morgan fingerprint density at radius 1 is 1.35 bits per heavy atom. The fourth-order valence-corrected chi connectivity index (χ4v) is 1.67. The number of amides is 1. The fraction of sp³-hybridized carbons (Fsp3) is 0.462. The van der Waals surface area contributed by atoms with Gasteiger partial charge in [0.15, 0.2) is 6.61 Å². The Morgan fingerprint density at radius 2 is 2.04 bits per heavy atom. The lowest BCUT2D eigenvalue weighted by molar-refractivity contribution is -0.385. The normalized spacial score (nSPS) is 11.1. The molecule has 1 rings (SSSR count). The number of benzene rings is 1. The smallest absolute Gasteiger partial charge is 0.422 e. The summed E-state index contributed by atoms with van der Waals surface area (Å²) in [6.07, 6.45) is -3.95. The van der Waals surface area contributed by atoms with E-state index in [1.54, 1.807) is 7.05 Å². The maximum atomic E-state index is 12.1. The van der Waals surface area contributed by atoms with E-state index in [0.29, 0.717) is 13.0 Å². The number of halogens is 3. The molecule has 0 saturated carbocycles. The van der Waals surface area contributed by atoms with Gasteiger partial charge in [-0.25, -0.2) is 0 Å². The van der Waals surface area contributed by atoms with Crippen molar-refractivity contribution in [2.45, 2.75) is 12.6 Å². The van der Waals surface area contributed by atoms with Gasteiger partial charge in [-0.1, -0.05) is 0 Å². The van der Waals surface area contributed by atoms with Crippen LogP contribution in [0.1, 0.15) is 16.8 Å². The number of hydrogen-bond acceptors (Lipinski definition) is 5. The number of alkyl halides is 3. The van der Waals surface area contributed by atoms with Gasteiger partial charge in [0.2, 0.25) is 0 Å². The predicted octanol–water partition coefficient (Wildman–Crippen LogP) is 1.88. The van der Waals surface area contributed by atoms with Crippen molar-refractivity contribution in [1.82, 2.24) is 10.6 Å². The first-order valence-electron chi connectivity index (χ1n) is 6.65. The van der Waals surface area contributed by atoms with Crippen LogP contribution >= 0.6 is 0 Å². The number of rotatable bonds is 8. The number of nitrogens with zero attached hydrogens (tertiary/aromatic N) is 1. The Bertz CT molecular complexity index is 564. The molecule has 1 aromatic rings. The van der Waals surface area contributed by atoms with Gasteiger partial charge < -0.3 is 15.4 Å². The van der Waals surface area contributed by atoms with E-state index < -0.39 is 29.3 Å². The highest BCUT2D eigenvalue weighted by Crippen LogP contribution is 2.25. The van der Waals surface area contributed by atoms with Gasteiger partial charge in [0.05, 0.1) is 4.92 Å². The molecule has 23 heavy (non-hydrogen) atoms. The number of carbonyl (C=O) groups excluding carboxylic acids is 1. The minimum Gasteiger partial charge on any atom is -0.484 e. The summed E-state index contributed by atoms with van der Waals surface area (Å²) >= 11 is 0. The van der Waals surface area contributed by atoms with Crippen molar-refractivity contribution in [3.63, 3.8) is 0 Å². The van der Waals surface area contributed by atoms with Crippen LogP contribution in [0.3, 0.4) is 0 Å². The fourth-order valence-electron chi connectivity index (χ4n) is 1.67. The van der Waals surface area contributed by atoms with Crippen molar-refractivity contribution in [2.24, 2.45) is 0 Å². The first-order chi connectivity index (χ1) is 10.7. The molecule has 2 N–H and O–H groups in total. The number of carbonyl (C=O) groups is 1. The summed E-state index contributed by atoms with van der Waals surface area (Å²) in [7, 11) is 1.73. The standard InChI is InChI=1S/C13H16F3N3O4/c1-17-5-2-6-18-12(20)10-7-9(23-8-13(14,15)16)3-4-11(10)19(21)22/h3-4,7,17H,2,5-6,8H2,1H3,(H,18,20).